The summed E-state index contributed by atoms with van der Waals surface area (Å²) in [5, 5.41) is 5.42. The summed E-state index contributed by atoms with van der Waals surface area (Å²) in [4.78, 5) is 14.9. The van der Waals surface area contributed by atoms with E-state index in [9.17, 15) is 4.79 Å². The maximum absolute atomic E-state index is 13.0. The molecule has 5 rings (SSSR count). The Kier molecular flexibility index (Phi) is 4.20. The second-order valence-electron chi connectivity index (χ2n) is 7.56. The normalized spacial score (nSPS) is 19.4. The van der Waals surface area contributed by atoms with Crippen molar-refractivity contribution in [2.45, 2.75) is 31.8 Å². The van der Waals surface area contributed by atoms with E-state index in [0.717, 1.165) is 35.6 Å². The van der Waals surface area contributed by atoms with Crippen molar-refractivity contribution in [2.24, 2.45) is 5.92 Å². The van der Waals surface area contributed by atoms with Crippen LogP contribution in [-0.4, -0.2) is 40.3 Å². The van der Waals surface area contributed by atoms with Gasteiger partial charge in [-0.15, -0.1) is 0 Å². The van der Waals surface area contributed by atoms with Crippen LogP contribution >= 0.6 is 0 Å². The molecule has 6 heteroatoms. The van der Waals surface area contributed by atoms with E-state index < -0.39 is 0 Å². The first kappa shape index (κ1) is 16.6. The van der Waals surface area contributed by atoms with Crippen molar-refractivity contribution in [2.75, 3.05) is 19.8 Å². The zero-order valence-corrected chi connectivity index (χ0v) is 15.2. The molecule has 6 nitrogen and oxygen atoms in total. The molecule has 27 heavy (non-hydrogen) atoms. The Hall–Kier alpha value is -2.60. The maximum Gasteiger partial charge on any atom is 0.290 e. The van der Waals surface area contributed by atoms with Crippen molar-refractivity contribution < 1.29 is 13.9 Å². The lowest BCUT2D eigenvalue weighted by Crippen LogP contribution is -2.41. The molecule has 1 amide bonds. The Morgan fingerprint density at radius 2 is 2.15 bits per heavy atom. The van der Waals surface area contributed by atoms with E-state index in [0.29, 0.717) is 25.5 Å². The van der Waals surface area contributed by atoms with Gasteiger partial charge in [-0.3, -0.25) is 9.48 Å². The van der Waals surface area contributed by atoms with Crippen LogP contribution in [0.3, 0.4) is 0 Å². The van der Waals surface area contributed by atoms with Crippen LogP contribution in [0.4, 0.5) is 0 Å². The smallest absolute Gasteiger partial charge is 0.290 e. The number of hydrogen-bond donors (Lipinski definition) is 0. The first-order valence-electron chi connectivity index (χ1n) is 9.66. The summed E-state index contributed by atoms with van der Waals surface area (Å²) in [5.41, 5.74) is 1.80. The standard InChI is InChI=1S/C21H23N3O3/c25-21(20-11-16-3-1-2-4-19(16)27-20)23-12-17-7-9-22-24(17)18(13-23)8-10-26-14-15-5-6-15/h1-4,7,9,11,15,18H,5-6,8,10,12-14H2/t18-/m1/s1. The second kappa shape index (κ2) is 6.85. The Labute approximate surface area is 157 Å². The number of furan rings is 1. The number of benzene rings is 1. The van der Waals surface area contributed by atoms with Crippen LogP contribution in [0.2, 0.25) is 0 Å². The van der Waals surface area contributed by atoms with E-state index in [2.05, 4.69) is 5.10 Å². The van der Waals surface area contributed by atoms with Gasteiger partial charge < -0.3 is 14.1 Å². The van der Waals surface area contributed by atoms with Gasteiger partial charge in [0.25, 0.3) is 5.91 Å². The van der Waals surface area contributed by atoms with E-state index in [4.69, 9.17) is 9.15 Å². The fourth-order valence-corrected chi connectivity index (χ4v) is 3.75. The van der Waals surface area contributed by atoms with Gasteiger partial charge in [-0.1, -0.05) is 18.2 Å². The first-order chi connectivity index (χ1) is 13.3. The van der Waals surface area contributed by atoms with E-state index >= 15 is 0 Å². The molecule has 1 aliphatic carbocycles. The van der Waals surface area contributed by atoms with Crippen molar-refractivity contribution in [3.8, 4) is 0 Å². The monoisotopic (exact) mass is 365 g/mol. The average molecular weight is 365 g/mol. The molecule has 1 atom stereocenters. The Morgan fingerprint density at radius 1 is 1.26 bits per heavy atom. The molecule has 0 N–H and O–H groups in total. The number of hydrogen-bond acceptors (Lipinski definition) is 4. The van der Waals surface area contributed by atoms with E-state index in [1.165, 1.54) is 12.8 Å². The fourth-order valence-electron chi connectivity index (χ4n) is 3.75. The Balaban J connectivity index is 1.31. The van der Waals surface area contributed by atoms with Gasteiger partial charge in [-0.25, -0.2) is 0 Å². The molecule has 3 heterocycles. The average Bonchev–Trinajstić information content (AvgIpc) is 3.21. The maximum atomic E-state index is 13.0. The van der Waals surface area contributed by atoms with Crippen molar-refractivity contribution in [1.29, 1.82) is 0 Å². The molecule has 2 aliphatic rings. The predicted octanol–water partition coefficient (Wildman–Crippen LogP) is 3.64. The van der Waals surface area contributed by atoms with Crippen LogP contribution in [0.1, 0.15) is 41.6 Å². The molecule has 0 bridgehead atoms. The zero-order valence-electron chi connectivity index (χ0n) is 15.2. The second-order valence-corrected chi connectivity index (χ2v) is 7.56. The summed E-state index contributed by atoms with van der Waals surface area (Å²) >= 11 is 0. The van der Waals surface area contributed by atoms with Crippen LogP contribution in [0.15, 0.2) is 47.0 Å². The molecule has 1 aliphatic heterocycles. The van der Waals surface area contributed by atoms with Crippen molar-refractivity contribution >= 4 is 16.9 Å². The summed E-state index contributed by atoms with van der Waals surface area (Å²) in [5.74, 6) is 1.10. The summed E-state index contributed by atoms with van der Waals surface area (Å²) in [6.07, 6.45) is 5.26. The summed E-state index contributed by atoms with van der Waals surface area (Å²) < 4.78 is 13.6. The number of rotatable bonds is 6. The highest BCUT2D eigenvalue weighted by molar-refractivity contribution is 5.96. The van der Waals surface area contributed by atoms with Crippen LogP contribution in [0.5, 0.6) is 0 Å². The van der Waals surface area contributed by atoms with E-state index in [-0.39, 0.29) is 11.9 Å². The van der Waals surface area contributed by atoms with Gasteiger partial charge in [-0.2, -0.15) is 5.10 Å². The molecule has 1 aromatic carbocycles. The number of carbonyl (C=O) groups is 1. The molecule has 3 aromatic rings. The Bertz CT molecular complexity index is 923. The number of fused-ring (bicyclic) bond motifs is 2. The van der Waals surface area contributed by atoms with Gasteiger partial charge in [0, 0.05) is 31.3 Å². The minimum atomic E-state index is -0.0671. The minimum Gasteiger partial charge on any atom is -0.451 e. The van der Waals surface area contributed by atoms with Gasteiger partial charge in [0.05, 0.1) is 18.3 Å². The number of aromatic nitrogens is 2. The third kappa shape index (κ3) is 3.37. The quantitative estimate of drug-likeness (QED) is 0.626. The van der Waals surface area contributed by atoms with Gasteiger partial charge in [0.2, 0.25) is 0 Å². The lowest BCUT2D eigenvalue weighted by molar-refractivity contribution is 0.0584. The highest BCUT2D eigenvalue weighted by Crippen LogP contribution is 2.30. The lowest BCUT2D eigenvalue weighted by atomic mass is 10.1. The van der Waals surface area contributed by atoms with Crippen molar-refractivity contribution in [3.05, 3.63) is 54.0 Å². The SMILES string of the molecule is O=C(c1cc2ccccc2o1)N1Cc2ccnn2[C@H](CCOCC2CC2)C1. The summed E-state index contributed by atoms with van der Waals surface area (Å²) in [6, 6.07) is 11.7. The van der Waals surface area contributed by atoms with Crippen LogP contribution in [0.25, 0.3) is 11.0 Å². The molecule has 2 aromatic heterocycles. The molecular formula is C21H23N3O3. The Morgan fingerprint density at radius 3 is 3.00 bits per heavy atom. The zero-order chi connectivity index (χ0) is 18.2. The molecule has 140 valence electrons. The molecule has 0 radical (unpaired) electrons. The van der Waals surface area contributed by atoms with Crippen LogP contribution in [0, 0.1) is 5.92 Å². The van der Waals surface area contributed by atoms with Crippen molar-refractivity contribution in [1.82, 2.24) is 14.7 Å². The molecule has 1 saturated carbocycles. The highest BCUT2D eigenvalue weighted by Gasteiger charge is 2.30. The highest BCUT2D eigenvalue weighted by atomic mass is 16.5. The number of para-hydroxylation sites is 1. The number of nitrogens with zero attached hydrogens (tertiary/aromatic N) is 3. The molecule has 0 spiro atoms. The van der Waals surface area contributed by atoms with Gasteiger partial charge in [0.15, 0.2) is 5.76 Å². The minimum absolute atomic E-state index is 0.0671. The summed E-state index contributed by atoms with van der Waals surface area (Å²) in [7, 11) is 0. The summed E-state index contributed by atoms with van der Waals surface area (Å²) in [6.45, 7) is 2.74. The largest absolute Gasteiger partial charge is 0.451 e. The molecular weight excluding hydrogens is 342 g/mol. The molecule has 0 unspecified atom stereocenters. The third-order valence-electron chi connectivity index (χ3n) is 5.45. The number of ether oxygens (including phenoxy) is 1. The van der Waals surface area contributed by atoms with Gasteiger partial charge >= 0.3 is 0 Å². The van der Waals surface area contributed by atoms with Gasteiger partial charge in [0.1, 0.15) is 5.58 Å². The van der Waals surface area contributed by atoms with Crippen LogP contribution < -0.4 is 0 Å². The topological polar surface area (TPSA) is 60.5 Å². The molecule has 0 saturated heterocycles. The lowest BCUT2D eigenvalue weighted by Gasteiger charge is -2.33. The first-order valence-corrected chi connectivity index (χ1v) is 9.66. The predicted molar refractivity (Wildman–Crippen MR) is 100 cm³/mol. The number of carbonyl (C=O) groups excluding carboxylic acids is 1. The third-order valence-corrected chi connectivity index (χ3v) is 5.45. The molecule has 1 fully saturated rings. The van der Waals surface area contributed by atoms with E-state index in [1.807, 2.05) is 52.2 Å². The van der Waals surface area contributed by atoms with Crippen LogP contribution in [-0.2, 0) is 11.3 Å². The fraction of sp³-hybridized carbons (Fsp3) is 0.429. The van der Waals surface area contributed by atoms with E-state index in [1.54, 1.807) is 0 Å². The number of amides is 1. The van der Waals surface area contributed by atoms with Gasteiger partial charge in [-0.05, 0) is 43.4 Å². The van der Waals surface area contributed by atoms with Crippen molar-refractivity contribution in [3.63, 3.8) is 0 Å².